The Labute approximate surface area is 63.8 Å². The molecule has 0 unspecified atom stereocenters. The highest BCUT2D eigenvalue weighted by Crippen LogP contribution is 2.28. The van der Waals surface area contributed by atoms with Crippen LogP contribution in [0.25, 0.3) is 0 Å². The molecular weight excluding hydrogens is 152 g/mol. The number of aryl methyl sites for hydroxylation is 1. The molecule has 9 heavy (non-hydrogen) atoms. The first-order valence-electron chi connectivity index (χ1n) is 2.63. The van der Waals surface area contributed by atoms with Gasteiger partial charge in [0.25, 0.3) is 0 Å². The monoisotopic (exact) mass is 160 g/mol. The molecule has 0 amide bonds. The second-order valence-corrected chi connectivity index (χ2v) is 3.48. The molecule has 0 spiro atoms. The zero-order valence-electron chi connectivity index (χ0n) is 5.09. The van der Waals surface area contributed by atoms with Crippen LogP contribution in [-0.2, 0) is 5.75 Å². The van der Waals surface area contributed by atoms with E-state index in [4.69, 9.17) is 5.11 Å². The van der Waals surface area contributed by atoms with Crippen molar-refractivity contribution in [3.05, 3.63) is 15.8 Å². The van der Waals surface area contributed by atoms with Crippen molar-refractivity contribution < 1.29 is 5.11 Å². The van der Waals surface area contributed by atoms with Gasteiger partial charge in [-0.15, -0.1) is 11.3 Å². The van der Waals surface area contributed by atoms with Gasteiger partial charge in [0.05, 0.1) is 4.88 Å². The zero-order valence-corrected chi connectivity index (χ0v) is 6.80. The molecule has 0 aliphatic carbocycles. The molecule has 50 valence electrons. The van der Waals surface area contributed by atoms with E-state index in [9.17, 15) is 0 Å². The van der Waals surface area contributed by atoms with Crippen molar-refractivity contribution in [1.29, 1.82) is 0 Å². The van der Waals surface area contributed by atoms with E-state index in [1.54, 1.807) is 17.4 Å². The Bertz CT molecular complexity index is 205. The fraction of sp³-hybridized carbons (Fsp3) is 0.333. The predicted octanol–water partition coefficient (Wildman–Crippen LogP) is 2.19. The van der Waals surface area contributed by atoms with E-state index in [0.29, 0.717) is 11.5 Å². The number of hydrogen-bond donors (Lipinski definition) is 2. The highest BCUT2D eigenvalue weighted by Gasteiger charge is 2.01. The van der Waals surface area contributed by atoms with Gasteiger partial charge in [-0.25, -0.2) is 0 Å². The van der Waals surface area contributed by atoms with Gasteiger partial charge in [0, 0.05) is 10.6 Å². The Kier molecular flexibility index (Phi) is 2.03. The lowest BCUT2D eigenvalue weighted by Crippen LogP contribution is -1.64. The molecule has 1 rings (SSSR count). The quantitative estimate of drug-likeness (QED) is 0.603. The minimum Gasteiger partial charge on any atom is -0.507 e. The van der Waals surface area contributed by atoms with Crippen LogP contribution in [0.5, 0.6) is 5.75 Å². The molecule has 1 N–H and O–H groups in total. The van der Waals surface area contributed by atoms with Gasteiger partial charge in [0.15, 0.2) is 0 Å². The molecular formula is C6H8OS2. The van der Waals surface area contributed by atoms with Crippen molar-refractivity contribution in [3.63, 3.8) is 0 Å². The SMILES string of the molecule is Cc1cc(O)c(CS)s1. The fourth-order valence-corrected chi connectivity index (χ4v) is 1.81. The van der Waals surface area contributed by atoms with Gasteiger partial charge < -0.3 is 5.11 Å². The van der Waals surface area contributed by atoms with Crippen LogP contribution in [0.3, 0.4) is 0 Å². The highest BCUT2D eigenvalue weighted by atomic mass is 32.1. The summed E-state index contributed by atoms with van der Waals surface area (Å²) in [6.07, 6.45) is 0. The second-order valence-electron chi connectivity index (χ2n) is 1.82. The number of hydrogen-bond acceptors (Lipinski definition) is 3. The molecule has 1 aromatic rings. The van der Waals surface area contributed by atoms with E-state index in [1.165, 1.54) is 0 Å². The van der Waals surface area contributed by atoms with Crippen LogP contribution >= 0.6 is 24.0 Å². The molecule has 1 heterocycles. The molecule has 0 radical (unpaired) electrons. The molecule has 0 aliphatic rings. The molecule has 0 aliphatic heterocycles. The fourth-order valence-electron chi connectivity index (χ4n) is 0.662. The molecule has 1 nitrogen and oxygen atoms in total. The van der Waals surface area contributed by atoms with E-state index in [2.05, 4.69) is 12.6 Å². The lowest BCUT2D eigenvalue weighted by Gasteiger charge is -1.86. The number of aromatic hydroxyl groups is 1. The van der Waals surface area contributed by atoms with Gasteiger partial charge in [-0.2, -0.15) is 12.6 Å². The summed E-state index contributed by atoms with van der Waals surface area (Å²) in [7, 11) is 0. The number of thiophene rings is 1. The summed E-state index contributed by atoms with van der Waals surface area (Å²) in [6, 6.07) is 1.76. The molecule has 3 heteroatoms. The summed E-state index contributed by atoms with van der Waals surface area (Å²) in [6.45, 7) is 1.97. The minimum atomic E-state index is 0.382. The number of thiol groups is 1. The van der Waals surface area contributed by atoms with E-state index in [0.717, 1.165) is 9.75 Å². The van der Waals surface area contributed by atoms with Crippen LogP contribution in [0.4, 0.5) is 0 Å². The van der Waals surface area contributed by atoms with Gasteiger partial charge in [0.2, 0.25) is 0 Å². The van der Waals surface area contributed by atoms with E-state index in [-0.39, 0.29) is 0 Å². The van der Waals surface area contributed by atoms with Gasteiger partial charge >= 0.3 is 0 Å². The summed E-state index contributed by atoms with van der Waals surface area (Å²) < 4.78 is 0. The molecule has 0 bridgehead atoms. The summed E-state index contributed by atoms with van der Waals surface area (Å²) in [5.74, 6) is 1.01. The number of rotatable bonds is 1. The van der Waals surface area contributed by atoms with Crippen molar-refractivity contribution in [1.82, 2.24) is 0 Å². The van der Waals surface area contributed by atoms with Crippen molar-refractivity contribution in [3.8, 4) is 5.75 Å². The molecule has 0 fully saturated rings. The Balaban J connectivity index is 3.01. The first kappa shape index (κ1) is 6.96. The highest BCUT2D eigenvalue weighted by molar-refractivity contribution is 7.79. The van der Waals surface area contributed by atoms with Gasteiger partial charge in [-0.3, -0.25) is 0 Å². The largest absolute Gasteiger partial charge is 0.507 e. The molecule has 0 saturated carbocycles. The molecule has 0 atom stereocenters. The van der Waals surface area contributed by atoms with Crippen LogP contribution < -0.4 is 0 Å². The molecule has 1 aromatic heterocycles. The Morgan fingerprint density at radius 1 is 1.78 bits per heavy atom. The van der Waals surface area contributed by atoms with E-state index in [1.807, 2.05) is 6.92 Å². The van der Waals surface area contributed by atoms with Gasteiger partial charge in [-0.1, -0.05) is 0 Å². The van der Waals surface area contributed by atoms with Crippen LogP contribution in [0.15, 0.2) is 6.07 Å². The second kappa shape index (κ2) is 2.62. The van der Waals surface area contributed by atoms with Gasteiger partial charge in [0.1, 0.15) is 5.75 Å². The Hall–Kier alpha value is -0.150. The van der Waals surface area contributed by atoms with E-state index < -0.39 is 0 Å². The first-order chi connectivity index (χ1) is 4.24. The topological polar surface area (TPSA) is 20.2 Å². The van der Waals surface area contributed by atoms with Crippen LogP contribution in [0.1, 0.15) is 9.75 Å². The van der Waals surface area contributed by atoms with Crippen LogP contribution in [0, 0.1) is 6.92 Å². The standard InChI is InChI=1S/C6H8OS2/c1-4-2-5(7)6(3-8)9-4/h2,7-8H,3H2,1H3. The lowest BCUT2D eigenvalue weighted by atomic mass is 10.4. The average molecular weight is 160 g/mol. The Morgan fingerprint density at radius 3 is 2.67 bits per heavy atom. The lowest BCUT2D eigenvalue weighted by molar-refractivity contribution is 0.474. The maximum Gasteiger partial charge on any atom is 0.130 e. The van der Waals surface area contributed by atoms with Crippen molar-refractivity contribution in [2.45, 2.75) is 12.7 Å². The Morgan fingerprint density at radius 2 is 2.44 bits per heavy atom. The minimum absolute atomic E-state index is 0.382. The molecule has 0 aromatic carbocycles. The van der Waals surface area contributed by atoms with Crippen molar-refractivity contribution >= 4 is 24.0 Å². The van der Waals surface area contributed by atoms with Crippen molar-refractivity contribution in [2.75, 3.05) is 0 Å². The van der Waals surface area contributed by atoms with Crippen LogP contribution in [-0.4, -0.2) is 5.11 Å². The normalized spacial score (nSPS) is 10.0. The predicted molar refractivity (Wildman–Crippen MR) is 43.4 cm³/mol. The maximum atomic E-state index is 9.09. The average Bonchev–Trinajstić information content (AvgIpc) is 2.10. The summed E-state index contributed by atoms with van der Waals surface area (Å²) >= 11 is 5.63. The van der Waals surface area contributed by atoms with E-state index >= 15 is 0 Å². The third kappa shape index (κ3) is 1.40. The summed E-state index contributed by atoms with van der Waals surface area (Å²) in [4.78, 5) is 2.09. The summed E-state index contributed by atoms with van der Waals surface area (Å²) in [5.41, 5.74) is 0. The zero-order chi connectivity index (χ0) is 6.85. The third-order valence-electron chi connectivity index (χ3n) is 1.05. The summed E-state index contributed by atoms with van der Waals surface area (Å²) in [5, 5.41) is 9.09. The van der Waals surface area contributed by atoms with Crippen molar-refractivity contribution in [2.24, 2.45) is 0 Å². The third-order valence-corrected chi connectivity index (χ3v) is 2.62. The van der Waals surface area contributed by atoms with Gasteiger partial charge in [-0.05, 0) is 13.0 Å². The maximum absolute atomic E-state index is 9.09. The smallest absolute Gasteiger partial charge is 0.130 e. The molecule has 0 saturated heterocycles. The van der Waals surface area contributed by atoms with Crippen LogP contribution in [0.2, 0.25) is 0 Å². The first-order valence-corrected chi connectivity index (χ1v) is 4.08.